The fourth-order valence-electron chi connectivity index (χ4n) is 0.703. The number of hydrogen-bond acceptors (Lipinski definition) is 1. The van der Waals surface area contributed by atoms with Crippen LogP contribution in [0.15, 0.2) is 17.6 Å². The highest BCUT2D eigenvalue weighted by Crippen LogP contribution is 1.97. The first-order valence-corrected chi connectivity index (χ1v) is 4.09. The van der Waals surface area contributed by atoms with Crippen LogP contribution in [0, 0.1) is 0 Å². The summed E-state index contributed by atoms with van der Waals surface area (Å²) < 4.78 is 0. The average molecular weight is 169 g/mol. The van der Waals surface area contributed by atoms with Crippen molar-refractivity contribution in [1.82, 2.24) is 10.6 Å². The van der Waals surface area contributed by atoms with Gasteiger partial charge in [0.1, 0.15) is 0 Å². The minimum atomic E-state index is 0.0447. The molecule has 0 spiro atoms. The number of aliphatic imine (C=N–C) groups is 1. The zero-order valence-electron chi connectivity index (χ0n) is 8.44. The summed E-state index contributed by atoms with van der Waals surface area (Å²) in [6, 6.07) is 0. The van der Waals surface area contributed by atoms with Crippen LogP contribution >= 0.6 is 0 Å². The lowest BCUT2D eigenvalue weighted by molar-refractivity contribution is 0.503. The highest BCUT2D eigenvalue weighted by molar-refractivity contribution is 5.80. The minimum absolute atomic E-state index is 0.0447. The maximum atomic E-state index is 4.06. The Morgan fingerprint density at radius 1 is 1.50 bits per heavy atom. The number of nitrogens with zero attached hydrogens (tertiary/aromatic N) is 1. The van der Waals surface area contributed by atoms with Crippen LogP contribution in [-0.2, 0) is 0 Å². The van der Waals surface area contributed by atoms with Crippen molar-refractivity contribution in [2.45, 2.75) is 26.3 Å². The Hall–Kier alpha value is -0.990. The van der Waals surface area contributed by atoms with Crippen molar-refractivity contribution >= 4 is 5.96 Å². The third-order valence-electron chi connectivity index (χ3n) is 1.13. The van der Waals surface area contributed by atoms with Gasteiger partial charge in [0.15, 0.2) is 5.96 Å². The molecule has 0 fully saturated rings. The van der Waals surface area contributed by atoms with Crippen LogP contribution < -0.4 is 10.6 Å². The van der Waals surface area contributed by atoms with E-state index in [4.69, 9.17) is 0 Å². The van der Waals surface area contributed by atoms with Crippen LogP contribution in [0.25, 0.3) is 0 Å². The fraction of sp³-hybridized carbons (Fsp3) is 0.667. The van der Waals surface area contributed by atoms with Crippen LogP contribution in [0.3, 0.4) is 0 Å². The molecule has 0 bridgehead atoms. The Labute approximate surface area is 75.0 Å². The predicted molar refractivity (Wildman–Crippen MR) is 54.4 cm³/mol. The van der Waals surface area contributed by atoms with Gasteiger partial charge in [0.25, 0.3) is 0 Å². The van der Waals surface area contributed by atoms with Gasteiger partial charge in [0.05, 0.1) is 0 Å². The molecule has 0 aromatic heterocycles. The Balaban J connectivity index is 3.93. The van der Waals surface area contributed by atoms with Gasteiger partial charge in [-0.05, 0) is 20.8 Å². The molecule has 0 aliphatic carbocycles. The lowest BCUT2D eigenvalue weighted by Crippen LogP contribution is -2.47. The summed E-state index contributed by atoms with van der Waals surface area (Å²) in [4.78, 5) is 4.06. The average Bonchev–Trinajstić information content (AvgIpc) is 1.95. The first-order chi connectivity index (χ1) is 5.49. The molecular weight excluding hydrogens is 150 g/mol. The Morgan fingerprint density at radius 3 is 2.42 bits per heavy atom. The number of nitrogens with one attached hydrogen (secondary N) is 2. The Bertz CT molecular complexity index is 165. The summed E-state index contributed by atoms with van der Waals surface area (Å²) >= 11 is 0. The number of guanidine groups is 1. The molecule has 0 atom stereocenters. The SMILES string of the molecule is C=CCN/C(=N/C)NC(C)(C)C. The van der Waals surface area contributed by atoms with Gasteiger partial charge < -0.3 is 10.6 Å². The zero-order chi connectivity index (χ0) is 9.61. The molecule has 0 saturated heterocycles. The van der Waals surface area contributed by atoms with Gasteiger partial charge in [-0.2, -0.15) is 0 Å². The molecule has 0 saturated carbocycles. The van der Waals surface area contributed by atoms with Gasteiger partial charge in [0.2, 0.25) is 0 Å². The van der Waals surface area contributed by atoms with E-state index in [1.807, 2.05) is 0 Å². The monoisotopic (exact) mass is 169 g/mol. The van der Waals surface area contributed by atoms with E-state index >= 15 is 0 Å². The Kier molecular flexibility index (Phi) is 4.40. The molecule has 0 amide bonds. The predicted octanol–water partition coefficient (Wildman–Crippen LogP) is 1.14. The van der Waals surface area contributed by atoms with E-state index in [0.717, 1.165) is 12.5 Å². The van der Waals surface area contributed by atoms with Gasteiger partial charge in [-0.25, -0.2) is 0 Å². The van der Waals surface area contributed by atoms with Crippen LogP contribution in [-0.4, -0.2) is 25.1 Å². The van der Waals surface area contributed by atoms with Crippen molar-refractivity contribution in [3.63, 3.8) is 0 Å². The van der Waals surface area contributed by atoms with Crippen molar-refractivity contribution < 1.29 is 0 Å². The van der Waals surface area contributed by atoms with Crippen LogP contribution in [0.5, 0.6) is 0 Å². The first kappa shape index (κ1) is 11.0. The molecule has 0 unspecified atom stereocenters. The smallest absolute Gasteiger partial charge is 0.191 e. The molecule has 3 heteroatoms. The van der Waals surface area contributed by atoms with E-state index in [-0.39, 0.29) is 5.54 Å². The third kappa shape index (κ3) is 5.77. The van der Waals surface area contributed by atoms with Crippen molar-refractivity contribution in [3.8, 4) is 0 Å². The van der Waals surface area contributed by atoms with Crippen molar-refractivity contribution in [3.05, 3.63) is 12.7 Å². The molecule has 0 heterocycles. The van der Waals surface area contributed by atoms with Crippen LogP contribution in [0.1, 0.15) is 20.8 Å². The Morgan fingerprint density at radius 2 is 2.08 bits per heavy atom. The molecule has 0 radical (unpaired) electrons. The summed E-state index contributed by atoms with van der Waals surface area (Å²) in [5.74, 6) is 0.808. The van der Waals surface area contributed by atoms with Crippen molar-refractivity contribution in [2.75, 3.05) is 13.6 Å². The lowest BCUT2D eigenvalue weighted by atomic mass is 10.1. The molecule has 0 aliphatic heterocycles. The maximum absolute atomic E-state index is 4.06. The number of hydrogen-bond donors (Lipinski definition) is 2. The number of rotatable bonds is 2. The van der Waals surface area contributed by atoms with Gasteiger partial charge in [-0.1, -0.05) is 6.08 Å². The largest absolute Gasteiger partial charge is 0.353 e. The molecule has 70 valence electrons. The third-order valence-corrected chi connectivity index (χ3v) is 1.13. The molecule has 3 nitrogen and oxygen atoms in total. The summed E-state index contributed by atoms with van der Waals surface area (Å²) in [6.07, 6.45) is 1.80. The quantitative estimate of drug-likeness (QED) is 0.369. The van der Waals surface area contributed by atoms with E-state index in [9.17, 15) is 0 Å². The van der Waals surface area contributed by atoms with E-state index in [2.05, 4.69) is 43.0 Å². The standard InChI is InChI=1S/C9H19N3/c1-6-7-11-8(10-5)12-9(2,3)4/h6H,1,7H2,2-5H3,(H2,10,11,12). The molecule has 0 aromatic rings. The van der Waals surface area contributed by atoms with Gasteiger partial charge in [0, 0.05) is 19.1 Å². The summed E-state index contributed by atoms with van der Waals surface area (Å²) in [7, 11) is 1.75. The molecule has 0 rings (SSSR count). The summed E-state index contributed by atoms with van der Waals surface area (Å²) in [5, 5.41) is 6.33. The highest BCUT2D eigenvalue weighted by atomic mass is 15.2. The van der Waals surface area contributed by atoms with Crippen molar-refractivity contribution in [1.29, 1.82) is 0 Å². The molecule has 0 aliphatic rings. The molecule has 12 heavy (non-hydrogen) atoms. The topological polar surface area (TPSA) is 36.4 Å². The second-order valence-corrected chi connectivity index (χ2v) is 3.62. The summed E-state index contributed by atoms with van der Waals surface area (Å²) in [6.45, 7) is 10.6. The van der Waals surface area contributed by atoms with E-state index in [1.165, 1.54) is 0 Å². The fourth-order valence-corrected chi connectivity index (χ4v) is 0.703. The van der Waals surface area contributed by atoms with Gasteiger partial charge in [-0.15, -0.1) is 6.58 Å². The normalized spacial score (nSPS) is 12.5. The van der Waals surface area contributed by atoms with Crippen LogP contribution in [0.2, 0.25) is 0 Å². The summed E-state index contributed by atoms with van der Waals surface area (Å²) in [5.41, 5.74) is 0.0447. The molecule has 0 aromatic carbocycles. The highest BCUT2D eigenvalue weighted by Gasteiger charge is 2.10. The zero-order valence-corrected chi connectivity index (χ0v) is 8.44. The van der Waals surface area contributed by atoms with E-state index in [1.54, 1.807) is 13.1 Å². The molecule has 2 N–H and O–H groups in total. The van der Waals surface area contributed by atoms with Crippen molar-refractivity contribution in [2.24, 2.45) is 4.99 Å². The first-order valence-electron chi connectivity index (χ1n) is 4.09. The van der Waals surface area contributed by atoms with Gasteiger partial charge in [-0.3, -0.25) is 4.99 Å². The lowest BCUT2D eigenvalue weighted by Gasteiger charge is -2.23. The molecular formula is C9H19N3. The van der Waals surface area contributed by atoms with Gasteiger partial charge >= 0.3 is 0 Å². The second-order valence-electron chi connectivity index (χ2n) is 3.62. The maximum Gasteiger partial charge on any atom is 0.191 e. The van der Waals surface area contributed by atoms with Crippen LogP contribution in [0.4, 0.5) is 0 Å². The second kappa shape index (κ2) is 4.80. The minimum Gasteiger partial charge on any atom is -0.353 e. The van der Waals surface area contributed by atoms with E-state index in [0.29, 0.717) is 0 Å². The van der Waals surface area contributed by atoms with E-state index < -0.39 is 0 Å².